The van der Waals surface area contributed by atoms with E-state index in [9.17, 15) is 9.59 Å². The molecule has 27 heavy (non-hydrogen) atoms. The summed E-state index contributed by atoms with van der Waals surface area (Å²) in [6.07, 6.45) is 0. The molecular formula is C20H20N2O5. The number of aliphatic carboxylic acids is 1. The Bertz CT molecular complexity index is 1060. The van der Waals surface area contributed by atoms with Gasteiger partial charge < -0.3 is 19.6 Å². The Hall–Kier alpha value is -3.35. The third kappa shape index (κ3) is 3.92. The number of ether oxygens (including phenoxy) is 2. The summed E-state index contributed by atoms with van der Waals surface area (Å²) in [4.78, 5) is 30.5. The van der Waals surface area contributed by atoms with E-state index >= 15 is 0 Å². The highest BCUT2D eigenvalue weighted by Crippen LogP contribution is 2.31. The highest BCUT2D eigenvalue weighted by Gasteiger charge is 2.12. The summed E-state index contributed by atoms with van der Waals surface area (Å²) in [6.45, 7) is 3.66. The zero-order valence-electron chi connectivity index (χ0n) is 15.3. The van der Waals surface area contributed by atoms with Crippen molar-refractivity contribution in [2.24, 2.45) is 0 Å². The van der Waals surface area contributed by atoms with Gasteiger partial charge in [0.05, 0.1) is 18.0 Å². The smallest absolute Gasteiger partial charge is 0.341 e. The summed E-state index contributed by atoms with van der Waals surface area (Å²) in [5.41, 5.74) is 2.08. The molecule has 0 radical (unpaired) electrons. The Kier molecular flexibility index (Phi) is 5.12. The first kappa shape index (κ1) is 18.4. The van der Waals surface area contributed by atoms with Gasteiger partial charge in [-0.1, -0.05) is 19.9 Å². The minimum absolute atomic E-state index is 0.220. The normalized spacial score (nSPS) is 11.0. The van der Waals surface area contributed by atoms with Crippen molar-refractivity contribution in [3.8, 4) is 22.9 Å². The number of benzene rings is 2. The van der Waals surface area contributed by atoms with Gasteiger partial charge in [0.15, 0.2) is 18.1 Å². The van der Waals surface area contributed by atoms with Gasteiger partial charge in [0.1, 0.15) is 5.82 Å². The molecule has 0 saturated heterocycles. The lowest BCUT2D eigenvalue weighted by Crippen LogP contribution is -2.11. The molecule has 0 bridgehead atoms. The van der Waals surface area contributed by atoms with Crippen LogP contribution in [-0.2, 0) is 4.79 Å². The van der Waals surface area contributed by atoms with Gasteiger partial charge in [-0.25, -0.2) is 9.78 Å². The van der Waals surface area contributed by atoms with Gasteiger partial charge in [0.2, 0.25) is 0 Å². The molecule has 0 aliphatic carbocycles. The molecule has 7 nitrogen and oxygen atoms in total. The predicted molar refractivity (Wildman–Crippen MR) is 102 cm³/mol. The van der Waals surface area contributed by atoms with Gasteiger partial charge in [-0.05, 0) is 41.8 Å². The lowest BCUT2D eigenvalue weighted by atomic mass is 10.0. The van der Waals surface area contributed by atoms with Gasteiger partial charge in [-0.3, -0.25) is 4.79 Å². The molecule has 0 aliphatic heterocycles. The van der Waals surface area contributed by atoms with Crippen LogP contribution < -0.4 is 15.0 Å². The van der Waals surface area contributed by atoms with Crippen molar-refractivity contribution in [1.82, 2.24) is 9.97 Å². The minimum Gasteiger partial charge on any atom is -0.493 e. The van der Waals surface area contributed by atoms with E-state index in [1.165, 1.54) is 7.11 Å². The summed E-state index contributed by atoms with van der Waals surface area (Å²) in [5, 5.41) is 9.28. The SMILES string of the molecule is COc1cc(-c2nc3ccc(C(C)C)cc3c(=O)[nH]2)ccc1OCC(=O)O. The van der Waals surface area contributed by atoms with Crippen LogP contribution in [-0.4, -0.2) is 34.8 Å². The van der Waals surface area contributed by atoms with E-state index < -0.39 is 12.6 Å². The molecule has 3 rings (SSSR count). The molecule has 0 fully saturated rings. The molecule has 1 aromatic heterocycles. The molecule has 0 saturated carbocycles. The van der Waals surface area contributed by atoms with Crippen LogP contribution in [0.4, 0.5) is 0 Å². The van der Waals surface area contributed by atoms with Crippen molar-refractivity contribution in [3.63, 3.8) is 0 Å². The third-order valence-electron chi connectivity index (χ3n) is 4.18. The quantitative estimate of drug-likeness (QED) is 0.693. The van der Waals surface area contributed by atoms with Crippen molar-refractivity contribution in [2.45, 2.75) is 19.8 Å². The van der Waals surface area contributed by atoms with Crippen molar-refractivity contribution in [3.05, 3.63) is 52.3 Å². The number of methoxy groups -OCH3 is 1. The topological polar surface area (TPSA) is 102 Å². The highest BCUT2D eigenvalue weighted by atomic mass is 16.5. The van der Waals surface area contributed by atoms with Crippen LogP contribution in [0.15, 0.2) is 41.2 Å². The Morgan fingerprint density at radius 3 is 2.63 bits per heavy atom. The maximum Gasteiger partial charge on any atom is 0.341 e. The second kappa shape index (κ2) is 7.49. The van der Waals surface area contributed by atoms with E-state index in [2.05, 4.69) is 23.8 Å². The predicted octanol–water partition coefficient (Wildman–Crippen LogP) is 3.19. The minimum atomic E-state index is -1.08. The molecule has 2 N–H and O–H groups in total. The van der Waals surface area contributed by atoms with E-state index in [0.717, 1.165) is 5.56 Å². The first-order valence-electron chi connectivity index (χ1n) is 8.46. The van der Waals surface area contributed by atoms with Crippen LogP contribution in [0.1, 0.15) is 25.3 Å². The van der Waals surface area contributed by atoms with Crippen molar-refractivity contribution >= 4 is 16.9 Å². The number of nitrogens with zero attached hydrogens (tertiary/aromatic N) is 1. The summed E-state index contributed by atoms with van der Waals surface area (Å²) < 4.78 is 10.5. The van der Waals surface area contributed by atoms with E-state index in [4.69, 9.17) is 14.6 Å². The molecule has 0 unspecified atom stereocenters. The molecule has 0 aliphatic rings. The Balaban J connectivity index is 2.03. The summed E-state index contributed by atoms with van der Waals surface area (Å²) in [5.74, 6) is 0.284. The van der Waals surface area contributed by atoms with E-state index in [0.29, 0.717) is 39.7 Å². The van der Waals surface area contributed by atoms with Crippen LogP contribution in [0, 0.1) is 0 Å². The zero-order valence-corrected chi connectivity index (χ0v) is 15.3. The Morgan fingerprint density at radius 1 is 1.19 bits per heavy atom. The maximum atomic E-state index is 12.5. The largest absolute Gasteiger partial charge is 0.493 e. The number of H-pyrrole nitrogens is 1. The number of hydrogen-bond acceptors (Lipinski definition) is 5. The first-order valence-corrected chi connectivity index (χ1v) is 8.46. The third-order valence-corrected chi connectivity index (χ3v) is 4.18. The summed E-state index contributed by atoms with van der Waals surface area (Å²) >= 11 is 0. The molecule has 140 valence electrons. The van der Waals surface area contributed by atoms with E-state index in [1.54, 1.807) is 18.2 Å². The molecule has 1 heterocycles. The second-order valence-corrected chi connectivity index (χ2v) is 6.39. The molecule has 0 spiro atoms. The van der Waals surface area contributed by atoms with Crippen molar-refractivity contribution in [2.75, 3.05) is 13.7 Å². The van der Waals surface area contributed by atoms with Gasteiger partial charge in [-0.15, -0.1) is 0 Å². The van der Waals surface area contributed by atoms with Crippen molar-refractivity contribution in [1.29, 1.82) is 0 Å². The average Bonchev–Trinajstić information content (AvgIpc) is 2.65. The fraction of sp³-hybridized carbons (Fsp3) is 0.250. The second-order valence-electron chi connectivity index (χ2n) is 6.39. The first-order chi connectivity index (χ1) is 12.9. The lowest BCUT2D eigenvalue weighted by molar-refractivity contribution is -0.139. The van der Waals surface area contributed by atoms with Gasteiger partial charge in [-0.2, -0.15) is 0 Å². The average molecular weight is 368 g/mol. The number of nitrogens with one attached hydrogen (secondary N) is 1. The van der Waals surface area contributed by atoms with Crippen LogP contribution in [0.5, 0.6) is 11.5 Å². The standard InChI is InChI=1S/C20H20N2O5/c1-11(2)12-4-6-15-14(8-12)20(25)22-19(21-15)13-5-7-16(17(9-13)26-3)27-10-18(23)24/h4-9,11H,10H2,1-3H3,(H,23,24)(H,21,22,25). The van der Waals surface area contributed by atoms with E-state index in [-0.39, 0.29) is 5.56 Å². The number of hydrogen-bond donors (Lipinski definition) is 2. The fourth-order valence-electron chi connectivity index (χ4n) is 2.73. The highest BCUT2D eigenvalue weighted by molar-refractivity contribution is 5.80. The number of carbonyl (C=O) groups is 1. The van der Waals surface area contributed by atoms with Gasteiger partial charge >= 0.3 is 5.97 Å². The summed E-state index contributed by atoms with van der Waals surface area (Å²) in [7, 11) is 1.46. The van der Waals surface area contributed by atoms with Crippen LogP contribution in [0.2, 0.25) is 0 Å². The number of aromatic amines is 1. The number of aromatic nitrogens is 2. The molecule has 7 heteroatoms. The van der Waals surface area contributed by atoms with Gasteiger partial charge in [0.25, 0.3) is 5.56 Å². The van der Waals surface area contributed by atoms with Crippen LogP contribution in [0.25, 0.3) is 22.3 Å². The molecular weight excluding hydrogens is 348 g/mol. The Labute approximate surface area is 155 Å². The fourth-order valence-corrected chi connectivity index (χ4v) is 2.73. The zero-order chi connectivity index (χ0) is 19.6. The van der Waals surface area contributed by atoms with Crippen molar-refractivity contribution < 1.29 is 19.4 Å². The van der Waals surface area contributed by atoms with Crippen LogP contribution in [0.3, 0.4) is 0 Å². The summed E-state index contributed by atoms with van der Waals surface area (Å²) in [6, 6.07) is 10.6. The number of carboxylic acid groups (broad SMARTS) is 1. The van der Waals surface area contributed by atoms with Crippen LogP contribution >= 0.6 is 0 Å². The van der Waals surface area contributed by atoms with Gasteiger partial charge in [0, 0.05) is 5.56 Å². The van der Waals surface area contributed by atoms with E-state index in [1.807, 2.05) is 18.2 Å². The Morgan fingerprint density at radius 2 is 1.96 bits per heavy atom. The molecule has 0 atom stereocenters. The molecule has 0 amide bonds. The lowest BCUT2D eigenvalue weighted by Gasteiger charge is -2.11. The number of carboxylic acids is 1. The maximum absolute atomic E-state index is 12.5. The monoisotopic (exact) mass is 368 g/mol. The number of rotatable bonds is 6. The molecule has 3 aromatic rings. The molecule has 2 aromatic carbocycles. The number of fused-ring (bicyclic) bond motifs is 1.